The number of hydrogen-bond acceptors (Lipinski definition) is 3. The maximum atomic E-state index is 12.8. The second-order valence-corrected chi connectivity index (χ2v) is 5.40. The number of amides is 1. The van der Waals surface area contributed by atoms with Crippen LogP contribution in [0.25, 0.3) is 0 Å². The minimum Gasteiger partial charge on any atom is -0.379 e. The van der Waals surface area contributed by atoms with E-state index in [1.165, 1.54) is 12.1 Å². The summed E-state index contributed by atoms with van der Waals surface area (Å²) in [6, 6.07) is 6.33. The molecule has 1 aliphatic rings. The Labute approximate surface area is 125 Å². The standard InChI is InChI=1S/C16H23FN2O2/c1-18(8-9-19-10-12-21-13-11-19)16(20)7-4-14-2-5-15(17)6-3-14/h2-3,5-6H,4,7-13H2,1H3. The Bertz CT molecular complexity index is 444. The number of hydrogen-bond donors (Lipinski definition) is 0. The number of nitrogens with zero attached hydrogens (tertiary/aromatic N) is 2. The molecule has 1 amide bonds. The van der Waals surface area contributed by atoms with E-state index in [9.17, 15) is 9.18 Å². The SMILES string of the molecule is CN(CCN1CCOCC1)C(=O)CCc1ccc(F)cc1. The lowest BCUT2D eigenvalue weighted by Gasteiger charge is -2.28. The lowest BCUT2D eigenvalue weighted by atomic mass is 10.1. The number of morpholine rings is 1. The number of likely N-dealkylation sites (N-methyl/N-ethyl adjacent to an activating group) is 1. The molecular formula is C16H23FN2O2. The number of aryl methyl sites for hydroxylation is 1. The summed E-state index contributed by atoms with van der Waals surface area (Å²) in [6.45, 7) is 5.07. The molecule has 0 unspecified atom stereocenters. The molecule has 0 radical (unpaired) electrons. The second-order valence-electron chi connectivity index (χ2n) is 5.40. The van der Waals surface area contributed by atoms with Crippen molar-refractivity contribution in [1.82, 2.24) is 9.80 Å². The van der Waals surface area contributed by atoms with Crippen LogP contribution < -0.4 is 0 Å². The Kier molecular flexibility index (Phi) is 6.14. The number of rotatable bonds is 6. The Morgan fingerprint density at radius 1 is 1.29 bits per heavy atom. The van der Waals surface area contributed by atoms with Gasteiger partial charge < -0.3 is 9.64 Å². The van der Waals surface area contributed by atoms with E-state index >= 15 is 0 Å². The summed E-state index contributed by atoms with van der Waals surface area (Å²) in [6.07, 6.45) is 1.12. The van der Waals surface area contributed by atoms with Crippen LogP contribution >= 0.6 is 0 Å². The topological polar surface area (TPSA) is 32.8 Å². The Morgan fingerprint density at radius 3 is 2.62 bits per heavy atom. The predicted octanol–water partition coefficient (Wildman–Crippen LogP) is 1.55. The molecule has 1 aromatic carbocycles. The van der Waals surface area contributed by atoms with Gasteiger partial charge in [-0.05, 0) is 24.1 Å². The van der Waals surface area contributed by atoms with Crippen LogP contribution in [0.3, 0.4) is 0 Å². The van der Waals surface area contributed by atoms with Crippen LogP contribution in [0.1, 0.15) is 12.0 Å². The molecule has 5 heteroatoms. The van der Waals surface area contributed by atoms with Crippen LogP contribution in [0.4, 0.5) is 4.39 Å². The number of carbonyl (C=O) groups excluding carboxylic acids is 1. The van der Waals surface area contributed by atoms with Crippen molar-refractivity contribution in [3.63, 3.8) is 0 Å². The molecule has 21 heavy (non-hydrogen) atoms. The van der Waals surface area contributed by atoms with Gasteiger partial charge in [0.2, 0.25) is 5.91 Å². The molecule has 0 bridgehead atoms. The lowest BCUT2D eigenvalue weighted by molar-refractivity contribution is -0.130. The van der Waals surface area contributed by atoms with Crippen molar-refractivity contribution < 1.29 is 13.9 Å². The largest absolute Gasteiger partial charge is 0.379 e. The Balaban J connectivity index is 1.68. The molecule has 2 rings (SSSR count). The highest BCUT2D eigenvalue weighted by Gasteiger charge is 2.13. The molecule has 4 nitrogen and oxygen atoms in total. The molecule has 0 aromatic heterocycles. The smallest absolute Gasteiger partial charge is 0.222 e. The monoisotopic (exact) mass is 294 g/mol. The van der Waals surface area contributed by atoms with Crippen molar-refractivity contribution in [3.05, 3.63) is 35.6 Å². The average Bonchev–Trinajstić information content (AvgIpc) is 2.52. The number of ether oxygens (including phenoxy) is 1. The molecule has 0 spiro atoms. The van der Waals surface area contributed by atoms with Gasteiger partial charge in [0, 0.05) is 39.6 Å². The molecule has 0 aliphatic carbocycles. The van der Waals surface area contributed by atoms with Gasteiger partial charge in [0.25, 0.3) is 0 Å². The third-order valence-electron chi connectivity index (χ3n) is 3.82. The van der Waals surface area contributed by atoms with Gasteiger partial charge in [-0.25, -0.2) is 4.39 Å². The van der Waals surface area contributed by atoms with Gasteiger partial charge in [-0.3, -0.25) is 9.69 Å². The normalized spacial score (nSPS) is 15.9. The zero-order valence-electron chi connectivity index (χ0n) is 12.6. The summed E-state index contributed by atoms with van der Waals surface area (Å²) in [7, 11) is 1.84. The van der Waals surface area contributed by atoms with Crippen molar-refractivity contribution >= 4 is 5.91 Å². The molecule has 1 heterocycles. The van der Waals surface area contributed by atoms with Gasteiger partial charge in [-0.2, -0.15) is 0 Å². The Hall–Kier alpha value is -1.46. The quantitative estimate of drug-likeness (QED) is 0.798. The third-order valence-corrected chi connectivity index (χ3v) is 3.82. The zero-order chi connectivity index (χ0) is 15.1. The lowest BCUT2D eigenvalue weighted by Crippen LogP contribution is -2.41. The van der Waals surface area contributed by atoms with Gasteiger partial charge in [-0.15, -0.1) is 0 Å². The average molecular weight is 294 g/mol. The van der Waals surface area contributed by atoms with Crippen molar-refractivity contribution in [2.24, 2.45) is 0 Å². The van der Waals surface area contributed by atoms with E-state index < -0.39 is 0 Å². The van der Waals surface area contributed by atoms with Crippen LogP contribution in [0.15, 0.2) is 24.3 Å². The molecule has 1 aliphatic heterocycles. The predicted molar refractivity (Wildman–Crippen MR) is 79.6 cm³/mol. The number of halogens is 1. The van der Waals surface area contributed by atoms with Crippen LogP contribution in [-0.2, 0) is 16.0 Å². The maximum absolute atomic E-state index is 12.8. The van der Waals surface area contributed by atoms with E-state index in [0.717, 1.165) is 45.0 Å². The summed E-state index contributed by atoms with van der Waals surface area (Å²) in [5.41, 5.74) is 0.992. The molecule has 1 fully saturated rings. The summed E-state index contributed by atoms with van der Waals surface area (Å²) < 4.78 is 18.1. The highest BCUT2D eigenvalue weighted by molar-refractivity contribution is 5.76. The van der Waals surface area contributed by atoms with E-state index in [1.54, 1.807) is 17.0 Å². The fraction of sp³-hybridized carbons (Fsp3) is 0.562. The van der Waals surface area contributed by atoms with Gasteiger partial charge in [0.1, 0.15) is 5.82 Å². The van der Waals surface area contributed by atoms with Gasteiger partial charge >= 0.3 is 0 Å². The van der Waals surface area contributed by atoms with Crippen LogP contribution in [0.5, 0.6) is 0 Å². The highest BCUT2D eigenvalue weighted by atomic mass is 19.1. The second kappa shape index (κ2) is 8.10. The van der Waals surface area contributed by atoms with Crippen molar-refractivity contribution in [3.8, 4) is 0 Å². The van der Waals surface area contributed by atoms with E-state index in [4.69, 9.17) is 4.74 Å². The van der Waals surface area contributed by atoms with Crippen LogP contribution in [0.2, 0.25) is 0 Å². The van der Waals surface area contributed by atoms with Crippen molar-refractivity contribution in [2.75, 3.05) is 46.4 Å². The summed E-state index contributed by atoms with van der Waals surface area (Å²) in [4.78, 5) is 16.2. The first-order chi connectivity index (χ1) is 10.1. The van der Waals surface area contributed by atoms with E-state index in [-0.39, 0.29) is 11.7 Å². The van der Waals surface area contributed by atoms with Crippen LogP contribution in [0, 0.1) is 5.82 Å². The minimum atomic E-state index is -0.243. The highest BCUT2D eigenvalue weighted by Crippen LogP contribution is 2.07. The third kappa shape index (κ3) is 5.44. The summed E-state index contributed by atoms with van der Waals surface area (Å²) >= 11 is 0. The van der Waals surface area contributed by atoms with Gasteiger partial charge in [0.15, 0.2) is 0 Å². The fourth-order valence-corrected chi connectivity index (χ4v) is 2.33. The minimum absolute atomic E-state index is 0.132. The maximum Gasteiger partial charge on any atom is 0.222 e. The molecule has 116 valence electrons. The molecular weight excluding hydrogens is 271 g/mol. The molecule has 1 aromatic rings. The zero-order valence-corrected chi connectivity index (χ0v) is 12.6. The molecule has 0 N–H and O–H groups in total. The first-order valence-electron chi connectivity index (χ1n) is 7.43. The molecule has 0 saturated carbocycles. The molecule has 1 saturated heterocycles. The first-order valence-corrected chi connectivity index (χ1v) is 7.43. The van der Waals surface area contributed by atoms with Crippen LogP contribution in [-0.4, -0.2) is 62.1 Å². The Morgan fingerprint density at radius 2 is 1.95 bits per heavy atom. The summed E-state index contributed by atoms with van der Waals surface area (Å²) in [5.74, 6) is -0.111. The van der Waals surface area contributed by atoms with Gasteiger partial charge in [0.05, 0.1) is 13.2 Å². The van der Waals surface area contributed by atoms with Crippen molar-refractivity contribution in [1.29, 1.82) is 0 Å². The fourth-order valence-electron chi connectivity index (χ4n) is 2.33. The van der Waals surface area contributed by atoms with E-state index in [1.807, 2.05) is 7.05 Å². The number of carbonyl (C=O) groups is 1. The van der Waals surface area contributed by atoms with E-state index in [2.05, 4.69) is 4.90 Å². The van der Waals surface area contributed by atoms with Crippen molar-refractivity contribution in [2.45, 2.75) is 12.8 Å². The first kappa shape index (κ1) is 15.9. The summed E-state index contributed by atoms with van der Waals surface area (Å²) in [5, 5.41) is 0. The van der Waals surface area contributed by atoms with Gasteiger partial charge in [-0.1, -0.05) is 12.1 Å². The number of benzene rings is 1. The van der Waals surface area contributed by atoms with E-state index in [0.29, 0.717) is 12.8 Å². The molecule has 0 atom stereocenters.